The molecule has 0 spiro atoms. The highest BCUT2D eigenvalue weighted by Crippen LogP contribution is 2.27. The van der Waals surface area contributed by atoms with Crippen LogP contribution in [0, 0.1) is 6.92 Å². The van der Waals surface area contributed by atoms with Crippen LogP contribution in [0.4, 0.5) is 0 Å². The summed E-state index contributed by atoms with van der Waals surface area (Å²) in [6.45, 7) is 2.32. The molecule has 0 bridgehead atoms. The fraction of sp³-hybridized carbons (Fsp3) is 0.214. The Bertz CT molecular complexity index is 736. The summed E-state index contributed by atoms with van der Waals surface area (Å²) in [6, 6.07) is 5.72. The van der Waals surface area contributed by atoms with Crippen LogP contribution in [0.1, 0.15) is 32.1 Å². The first-order chi connectivity index (χ1) is 9.49. The molecule has 1 aliphatic heterocycles. The lowest BCUT2D eigenvalue weighted by Crippen LogP contribution is -2.25. The molecule has 102 valence electrons. The van der Waals surface area contributed by atoms with Gasteiger partial charge < -0.3 is 4.90 Å². The zero-order valence-corrected chi connectivity index (χ0v) is 13.2. The van der Waals surface area contributed by atoms with Crippen molar-refractivity contribution in [2.45, 2.75) is 13.5 Å². The van der Waals surface area contributed by atoms with Crippen LogP contribution in [-0.4, -0.2) is 31.2 Å². The third-order valence-corrected chi connectivity index (χ3v) is 3.94. The number of hydrogen-bond donors (Lipinski definition) is 0. The average Bonchev–Trinajstić information content (AvgIpc) is 2.77. The fourth-order valence-corrected chi connectivity index (χ4v) is 2.88. The van der Waals surface area contributed by atoms with E-state index in [4.69, 9.17) is 0 Å². The molecule has 1 aromatic heterocycles. The van der Waals surface area contributed by atoms with Gasteiger partial charge in [0.15, 0.2) is 0 Å². The molecule has 2 heterocycles. The summed E-state index contributed by atoms with van der Waals surface area (Å²) in [5.74, 6) is -0.0424. The van der Waals surface area contributed by atoms with Gasteiger partial charge in [-0.25, -0.2) is 4.98 Å². The van der Waals surface area contributed by atoms with E-state index >= 15 is 0 Å². The molecule has 5 nitrogen and oxygen atoms in total. The third-order valence-electron chi connectivity index (χ3n) is 3.43. The number of carbonyl (C=O) groups excluding carboxylic acids is 2. The Hall–Kier alpha value is -1.70. The van der Waals surface area contributed by atoms with E-state index in [9.17, 15) is 9.59 Å². The zero-order chi connectivity index (χ0) is 14.4. The SMILES string of the molecule is Cc1ccc2c(c1)C(=O)N(C)Cc1c(C(=O)I)ncn1-2. The Morgan fingerprint density at radius 2 is 2.15 bits per heavy atom. The molecular formula is C14H12IN3O2. The van der Waals surface area contributed by atoms with Gasteiger partial charge in [-0.15, -0.1) is 0 Å². The molecule has 0 N–H and O–H groups in total. The summed E-state index contributed by atoms with van der Waals surface area (Å²) in [7, 11) is 1.73. The minimum absolute atomic E-state index is 0.0424. The number of nitrogens with zero attached hydrogens (tertiary/aromatic N) is 3. The Balaban J connectivity index is 2.31. The normalized spacial score (nSPS) is 13.8. The van der Waals surface area contributed by atoms with Crippen LogP contribution in [0.3, 0.4) is 0 Å². The van der Waals surface area contributed by atoms with E-state index in [0.717, 1.165) is 16.9 Å². The molecule has 2 aromatic rings. The van der Waals surface area contributed by atoms with E-state index in [1.165, 1.54) is 0 Å². The quantitative estimate of drug-likeness (QED) is 0.563. The lowest BCUT2D eigenvalue weighted by molar-refractivity contribution is 0.0786. The van der Waals surface area contributed by atoms with Crippen molar-refractivity contribution in [1.29, 1.82) is 0 Å². The van der Waals surface area contributed by atoms with Crippen molar-refractivity contribution in [3.63, 3.8) is 0 Å². The zero-order valence-electron chi connectivity index (χ0n) is 11.1. The highest BCUT2D eigenvalue weighted by atomic mass is 127. The van der Waals surface area contributed by atoms with Gasteiger partial charge in [-0.1, -0.05) is 11.6 Å². The van der Waals surface area contributed by atoms with E-state index in [1.807, 2.05) is 29.7 Å². The van der Waals surface area contributed by atoms with Crippen LogP contribution >= 0.6 is 22.6 Å². The van der Waals surface area contributed by atoms with E-state index < -0.39 is 0 Å². The summed E-state index contributed by atoms with van der Waals surface area (Å²) in [5.41, 5.74) is 3.60. The Labute approximate surface area is 129 Å². The number of amides is 1. The number of hydrogen-bond acceptors (Lipinski definition) is 3. The highest BCUT2D eigenvalue weighted by molar-refractivity contribution is 14.1. The van der Waals surface area contributed by atoms with Crippen molar-refractivity contribution in [2.24, 2.45) is 0 Å². The number of fused-ring (bicyclic) bond motifs is 3. The monoisotopic (exact) mass is 381 g/mol. The predicted molar refractivity (Wildman–Crippen MR) is 82.4 cm³/mol. The van der Waals surface area contributed by atoms with Gasteiger partial charge in [-0.3, -0.25) is 14.2 Å². The molecule has 0 unspecified atom stereocenters. The molecule has 0 atom stereocenters. The van der Waals surface area contributed by atoms with Gasteiger partial charge in [0.1, 0.15) is 12.0 Å². The third kappa shape index (κ3) is 1.94. The molecule has 0 saturated carbocycles. The van der Waals surface area contributed by atoms with Gasteiger partial charge in [0.05, 0.1) is 23.5 Å². The molecule has 0 radical (unpaired) electrons. The number of rotatable bonds is 1. The molecule has 3 rings (SSSR count). The highest BCUT2D eigenvalue weighted by Gasteiger charge is 2.27. The number of halogens is 1. The molecule has 0 aliphatic carbocycles. The maximum Gasteiger partial charge on any atom is 0.256 e. The Morgan fingerprint density at radius 1 is 1.40 bits per heavy atom. The summed E-state index contributed by atoms with van der Waals surface area (Å²) < 4.78 is 1.72. The van der Waals surface area contributed by atoms with Gasteiger partial charge in [-0.05, 0) is 19.1 Å². The summed E-state index contributed by atoms with van der Waals surface area (Å²) in [5, 5.41) is 0. The molecule has 1 amide bonds. The Morgan fingerprint density at radius 3 is 2.85 bits per heavy atom. The van der Waals surface area contributed by atoms with Crippen molar-refractivity contribution < 1.29 is 9.59 Å². The van der Waals surface area contributed by atoms with E-state index in [1.54, 1.807) is 40.9 Å². The second-order valence-electron chi connectivity index (χ2n) is 4.87. The second kappa shape index (κ2) is 4.69. The lowest BCUT2D eigenvalue weighted by Gasteiger charge is -2.14. The van der Waals surface area contributed by atoms with Crippen molar-refractivity contribution in [3.8, 4) is 5.69 Å². The van der Waals surface area contributed by atoms with Crippen LogP contribution in [-0.2, 0) is 6.54 Å². The van der Waals surface area contributed by atoms with E-state index in [-0.39, 0.29) is 9.70 Å². The largest absolute Gasteiger partial charge is 0.336 e. The standard InChI is InChI=1S/C14H12IN3O2/c1-8-3-4-10-9(5-8)14(20)17(2)6-11-12(13(15)19)16-7-18(10)11/h3-5,7H,6H2,1-2H3. The molecule has 0 fully saturated rings. The summed E-state index contributed by atoms with van der Waals surface area (Å²) in [6.07, 6.45) is 1.61. The van der Waals surface area contributed by atoms with Crippen LogP contribution in [0.5, 0.6) is 0 Å². The van der Waals surface area contributed by atoms with Crippen molar-refractivity contribution >= 4 is 32.3 Å². The fourth-order valence-electron chi connectivity index (χ4n) is 2.43. The first kappa shape index (κ1) is 13.3. The molecule has 6 heteroatoms. The summed E-state index contributed by atoms with van der Waals surface area (Å²) >= 11 is 1.72. The molecule has 0 saturated heterocycles. The maximum atomic E-state index is 12.4. The topological polar surface area (TPSA) is 55.2 Å². The number of aromatic nitrogens is 2. The van der Waals surface area contributed by atoms with E-state index in [0.29, 0.717) is 17.8 Å². The van der Waals surface area contributed by atoms with E-state index in [2.05, 4.69) is 4.98 Å². The van der Waals surface area contributed by atoms with Gasteiger partial charge in [0.25, 0.3) is 5.91 Å². The summed E-state index contributed by atoms with van der Waals surface area (Å²) in [4.78, 5) is 29.9. The minimum atomic E-state index is -0.118. The molecular weight excluding hydrogens is 369 g/mol. The Kier molecular flexibility index (Phi) is 3.12. The van der Waals surface area contributed by atoms with Crippen LogP contribution < -0.4 is 0 Å². The number of aryl methyl sites for hydroxylation is 1. The van der Waals surface area contributed by atoms with Crippen LogP contribution in [0.2, 0.25) is 0 Å². The minimum Gasteiger partial charge on any atom is -0.336 e. The number of benzene rings is 1. The van der Waals surface area contributed by atoms with Gasteiger partial charge in [0.2, 0.25) is 3.79 Å². The first-order valence-electron chi connectivity index (χ1n) is 6.11. The van der Waals surface area contributed by atoms with Crippen molar-refractivity contribution in [2.75, 3.05) is 7.05 Å². The lowest BCUT2D eigenvalue weighted by atomic mass is 10.1. The molecule has 20 heavy (non-hydrogen) atoms. The van der Waals surface area contributed by atoms with Crippen LogP contribution in [0.15, 0.2) is 24.5 Å². The molecule has 1 aromatic carbocycles. The van der Waals surface area contributed by atoms with Crippen molar-refractivity contribution in [3.05, 3.63) is 47.0 Å². The molecule has 1 aliphatic rings. The average molecular weight is 381 g/mol. The maximum absolute atomic E-state index is 12.4. The van der Waals surface area contributed by atoms with Gasteiger partial charge in [-0.2, -0.15) is 0 Å². The van der Waals surface area contributed by atoms with Crippen molar-refractivity contribution in [1.82, 2.24) is 14.5 Å². The smallest absolute Gasteiger partial charge is 0.256 e. The van der Waals surface area contributed by atoms with Crippen LogP contribution in [0.25, 0.3) is 5.69 Å². The number of imidazole rings is 1. The predicted octanol–water partition coefficient (Wildman–Crippen LogP) is 2.34. The number of carbonyl (C=O) groups is 2. The second-order valence-corrected chi connectivity index (χ2v) is 5.85. The first-order valence-corrected chi connectivity index (χ1v) is 7.19. The van der Waals surface area contributed by atoms with Gasteiger partial charge in [0, 0.05) is 29.6 Å². The van der Waals surface area contributed by atoms with Gasteiger partial charge >= 0.3 is 0 Å².